The van der Waals surface area contributed by atoms with E-state index >= 15 is 0 Å². The number of ether oxygens (including phenoxy) is 1. The van der Waals surface area contributed by atoms with E-state index in [1.165, 1.54) is 0 Å². The second-order valence-corrected chi connectivity index (χ2v) is 7.91. The Kier molecular flexibility index (Phi) is 11.4. The topological polar surface area (TPSA) is 79.8 Å². The summed E-state index contributed by atoms with van der Waals surface area (Å²) >= 11 is 5.83. The maximum absolute atomic E-state index is 11.4. The molecule has 24 heavy (non-hydrogen) atoms. The molecule has 0 bridgehead atoms. The number of rotatable bonds is 8. The van der Waals surface area contributed by atoms with Gasteiger partial charge in [0.05, 0.1) is 12.3 Å². The first-order valence-electron chi connectivity index (χ1n) is 7.43. The number of benzene rings is 1. The first kappa shape index (κ1) is 23.3. The summed E-state index contributed by atoms with van der Waals surface area (Å²) in [5, 5.41) is 6.73. The van der Waals surface area contributed by atoms with Gasteiger partial charge in [0.2, 0.25) is 0 Å². The summed E-state index contributed by atoms with van der Waals surface area (Å²) < 4.78 is 28.6. The van der Waals surface area contributed by atoms with E-state index in [1.807, 2.05) is 19.1 Å². The molecule has 1 aromatic rings. The monoisotopic (exact) mass is 489 g/mol. The second-order valence-electron chi connectivity index (χ2n) is 5.00. The van der Waals surface area contributed by atoms with Crippen molar-refractivity contribution in [3.05, 3.63) is 29.3 Å². The fourth-order valence-corrected chi connectivity index (χ4v) is 2.55. The Bertz CT molecular complexity index is 609. The van der Waals surface area contributed by atoms with Gasteiger partial charge in [-0.25, -0.2) is 8.42 Å². The van der Waals surface area contributed by atoms with Crippen molar-refractivity contribution < 1.29 is 13.2 Å². The average Bonchev–Trinajstić information content (AvgIpc) is 2.53. The summed E-state index contributed by atoms with van der Waals surface area (Å²) in [6, 6.07) is 7.15. The van der Waals surface area contributed by atoms with Crippen LogP contribution in [0.2, 0.25) is 5.02 Å². The van der Waals surface area contributed by atoms with E-state index in [0.717, 1.165) is 5.75 Å². The summed E-state index contributed by atoms with van der Waals surface area (Å²) in [5.41, 5.74) is 0. The van der Waals surface area contributed by atoms with Gasteiger partial charge in [-0.1, -0.05) is 18.5 Å². The largest absolute Gasteiger partial charge is 0.489 e. The van der Waals surface area contributed by atoms with Crippen LogP contribution in [0.3, 0.4) is 0 Å². The van der Waals surface area contributed by atoms with Gasteiger partial charge in [-0.15, -0.1) is 24.0 Å². The average molecular weight is 490 g/mol. The van der Waals surface area contributed by atoms with E-state index in [9.17, 15) is 8.42 Å². The zero-order chi connectivity index (χ0) is 17.3. The molecule has 1 unspecified atom stereocenters. The number of halogens is 2. The van der Waals surface area contributed by atoms with Crippen LogP contribution >= 0.6 is 35.6 Å². The molecule has 0 aliphatic carbocycles. The van der Waals surface area contributed by atoms with Crippen molar-refractivity contribution in [2.24, 2.45) is 4.99 Å². The number of nitrogens with one attached hydrogen (secondary N) is 2. The van der Waals surface area contributed by atoms with Crippen molar-refractivity contribution in [2.75, 3.05) is 31.6 Å². The molecule has 1 atom stereocenters. The highest BCUT2D eigenvalue weighted by Gasteiger charge is 2.09. The molecule has 2 N–H and O–H groups in total. The summed E-state index contributed by atoms with van der Waals surface area (Å²) in [6.45, 7) is 4.42. The maximum atomic E-state index is 11.4. The normalized spacial score (nSPS) is 12.9. The van der Waals surface area contributed by atoms with Gasteiger partial charge in [0, 0.05) is 24.4 Å². The molecule has 0 radical (unpaired) electrons. The first-order chi connectivity index (χ1) is 10.9. The van der Waals surface area contributed by atoms with Crippen LogP contribution in [0.25, 0.3) is 0 Å². The number of sulfone groups is 1. The van der Waals surface area contributed by atoms with Crippen LogP contribution in [-0.2, 0) is 9.84 Å². The van der Waals surface area contributed by atoms with Crippen LogP contribution in [0, 0.1) is 0 Å². The van der Waals surface area contributed by atoms with E-state index in [4.69, 9.17) is 16.3 Å². The zero-order valence-corrected chi connectivity index (χ0v) is 18.0. The predicted octanol–water partition coefficient (Wildman–Crippen LogP) is 2.33. The molecule has 0 spiro atoms. The minimum atomic E-state index is -2.98. The molecule has 6 nitrogen and oxygen atoms in total. The third-order valence-corrected chi connectivity index (χ3v) is 5.03. The SMILES string of the molecule is CCS(=O)(=O)CCNC(=NC)NCC(C)Oc1ccc(Cl)cc1.I. The minimum Gasteiger partial charge on any atom is -0.489 e. The zero-order valence-electron chi connectivity index (χ0n) is 14.1. The molecule has 0 aromatic heterocycles. The molecule has 0 saturated heterocycles. The van der Waals surface area contributed by atoms with Crippen LogP contribution in [0.15, 0.2) is 29.3 Å². The van der Waals surface area contributed by atoms with Crippen molar-refractivity contribution in [3.8, 4) is 5.75 Å². The highest BCUT2D eigenvalue weighted by molar-refractivity contribution is 14.0. The smallest absolute Gasteiger partial charge is 0.191 e. The van der Waals surface area contributed by atoms with Gasteiger partial charge in [0.15, 0.2) is 15.8 Å². The third kappa shape index (κ3) is 9.53. The number of nitrogens with zero attached hydrogens (tertiary/aromatic N) is 1. The maximum Gasteiger partial charge on any atom is 0.191 e. The van der Waals surface area contributed by atoms with Crippen LogP contribution < -0.4 is 15.4 Å². The highest BCUT2D eigenvalue weighted by Crippen LogP contribution is 2.16. The van der Waals surface area contributed by atoms with Crippen LogP contribution in [-0.4, -0.2) is 52.1 Å². The van der Waals surface area contributed by atoms with Crippen LogP contribution in [0.1, 0.15) is 13.8 Å². The van der Waals surface area contributed by atoms with Gasteiger partial charge >= 0.3 is 0 Å². The molecule has 0 heterocycles. The minimum absolute atomic E-state index is 0. The van der Waals surface area contributed by atoms with Gasteiger partial charge in [-0.05, 0) is 31.2 Å². The lowest BCUT2D eigenvalue weighted by molar-refractivity contribution is 0.224. The van der Waals surface area contributed by atoms with Crippen LogP contribution in [0.5, 0.6) is 5.75 Å². The number of hydrogen-bond acceptors (Lipinski definition) is 4. The Morgan fingerprint density at radius 2 is 1.92 bits per heavy atom. The molecule has 1 aromatic carbocycles. The Labute approximate surface area is 166 Å². The molecule has 0 aliphatic heterocycles. The molecule has 0 saturated carbocycles. The Hall–Kier alpha value is -0.740. The van der Waals surface area contributed by atoms with Crippen molar-refractivity contribution >= 4 is 51.4 Å². The van der Waals surface area contributed by atoms with Gasteiger partial charge in [-0.2, -0.15) is 0 Å². The summed E-state index contributed by atoms with van der Waals surface area (Å²) in [5.74, 6) is 1.51. The molecule has 0 amide bonds. The molecule has 138 valence electrons. The fourth-order valence-electron chi connectivity index (χ4n) is 1.72. The molecular weight excluding hydrogens is 465 g/mol. The van der Waals surface area contributed by atoms with E-state index in [1.54, 1.807) is 26.1 Å². The lowest BCUT2D eigenvalue weighted by atomic mass is 10.3. The van der Waals surface area contributed by atoms with E-state index in [2.05, 4.69) is 15.6 Å². The standard InChI is InChI=1S/C15H24ClN3O3S.HI/c1-4-23(20,21)10-9-18-15(17-3)19-11-12(2)22-14-7-5-13(16)6-8-14;/h5-8,12H,4,9-11H2,1-3H3,(H2,17,18,19);1H. The fraction of sp³-hybridized carbons (Fsp3) is 0.533. The first-order valence-corrected chi connectivity index (χ1v) is 9.63. The van der Waals surface area contributed by atoms with Crippen LogP contribution in [0.4, 0.5) is 0 Å². The Balaban J connectivity index is 0.00000529. The third-order valence-electron chi connectivity index (χ3n) is 3.08. The van der Waals surface area contributed by atoms with Gasteiger partial charge in [-0.3, -0.25) is 4.99 Å². The molecule has 0 aliphatic rings. The lowest BCUT2D eigenvalue weighted by Gasteiger charge is -2.17. The van der Waals surface area contributed by atoms with Gasteiger partial charge in [0.1, 0.15) is 11.9 Å². The van der Waals surface area contributed by atoms with Gasteiger partial charge < -0.3 is 15.4 Å². The quantitative estimate of drug-likeness (QED) is 0.333. The number of hydrogen-bond donors (Lipinski definition) is 2. The van der Waals surface area contributed by atoms with Crippen molar-refractivity contribution in [3.63, 3.8) is 0 Å². The van der Waals surface area contributed by atoms with E-state index < -0.39 is 9.84 Å². The molecular formula is C15H25ClIN3O3S. The number of aliphatic imine (C=N–C) groups is 1. The summed E-state index contributed by atoms with van der Waals surface area (Å²) in [4.78, 5) is 4.05. The van der Waals surface area contributed by atoms with E-state index in [-0.39, 0.29) is 41.6 Å². The Morgan fingerprint density at radius 3 is 2.46 bits per heavy atom. The molecule has 0 fully saturated rings. The molecule has 1 rings (SSSR count). The van der Waals surface area contributed by atoms with Crippen molar-refractivity contribution in [1.29, 1.82) is 0 Å². The Morgan fingerprint density at radius 1 is 1.29 bits per heavy atom. The van der Waals surface area contributed by atoms with Crippen molar-refractivity contribution in [1.82, 2.24) is 10.6 Å². The van der Waals surface area contributed by atoms with Gasteiger partial charge in [0.25, 0.3) is 0 Å². The second kappa shape index (κ2) is 11.8. The molecule has 9 heteroatoms. The summed E-state index contributed by atoms with van der Waals surface area (Å²) in [6.07, 6.45) is -0.0888. The summed E-state index contributed by atoms with van der Waals surface area (Å²) in [7, 11) is -1.35. The van der Waals surface area contributed by atoms with E-state index in [0.29, 0.717) is 24.1 Å². The van der Waals surface area contributed by atoms with Crippen molar-refractivity contribution in [2.45, 2.75) is 20.0 Å². The lowest BCUT2D eigenvalue weighted by Crippen LogP contribution is -2.43. The highest BCUT2D eigenvalue weighted by atomic mass is 127. The number of guanidine groups is 1. The predicted molar refractivity (Wildman–Crippen MR) is 111 cm³/mol.